The predicted octanol–water partition coefficient (Wildman–Crippen LogP) is 2.00. The number of halogens is 1. The molecule has 0 atom stereocenters. The van der Waals surface area contributed by atoms with Gasteiger partial charge in [-0.3, -0.25) is 0 Å². The summed E-state index contributed by atoms with van der Waals surface area (Å²) in [6.45, 7) is 0. The van der Waals surface area contributed by atoms with E-state index < -0.39 is 5.82 Å². The molecule has 0 radical (unpaired) electrons. The van der Waals surface area contributed by atoms with E-state index in [2.05, 4.69) is 12.6 Å². The molecule has 0 amide bonds. The molecule has 1 N–H and O–H groups in total. The molecular formula is C8H9FOS. The fraction of sp³-hybridized carbons (Fsp3) is 0.250. The number of thiol groups is 1. The van der Waals surface area contributed by atoms with E-state index in [0.29, 0.717) is 17.7 Å². The minimum Gasteiger partial charge on any atom is -0.505 e. The maximum atomic E-state index is 12.6. The van der Waals surface area contributed by atoms with Crippen molar-refractivity contribution in [1.29, 1.82) is 0 Å². The Morgan fingerprint density at radius 1 is 1.45 bits per heavy atom. The molecule has 0 aliphatic carbocycles. The summed E-state index contributed by atoms with van der Waals surface area (Å²) in [7, 11) is 0. The van der Waals surface area contributed by atoms with Crippen molar-refractivity contribution in [3.8, 4) is 5.75 Å². The quantitative estimate of drug-likeness (QED) is 0.654. The number of rotatable bonds is 2. The van der Waals surface area contributed by atoms with Crippen LogP contribution in [0.1, 0.15) is 5.56 Å². The standard InChI is InChI=1S/C8H9FOS/c9-7-3-1-2-6(4-5-11)8(7)10/h1-3,10-11H,4-5H2. The Balaban J connectivity index is 2.96. The Morgan fingerprint density at radius 3 is 2.82 bits per heavy atom. The first-order chi connectivity index (χ1) is 5.25. The van der Waals surface area contributed by atoms with Crippen LogP contribution in [0, 0.1) is 5.82 Å². The van der Waals surface area contributed by atoms with Crippen molar-refractivity contribution in [2.24, 2.45) is 0 Å². The average molecular weight is 172 g/mol. The van der Waals surface area contributed by atoms with Crippen molar-refractivity contribution < 1.29 is 9.50 Å². The summed E-state index contributed by atoms with van der Waals surface area (Å²) in [4.78, 5) is 0. The molecule has 1 aromatic rings. The fourth-order valence-corrected chi connectivity index (χ4v) is 1.12. The van der Waals surface area contributed by atoms with Crippen molar-refractivity contribution in [2.45, 2.75) is 6.42 Å². The second-order valence-electron chi connectivity index (χ2n) is 2.22. The van der Waals surface area contributed by atoms with Crippen LogP contribution in [0.2, 0.25) is 0 Å². The average Bonchev–Trinajstić information content (AvgIpc) is 1.99. The highest BCUT2D eigenvalue weighted by Crippen LogP contribution is 2.20. The lowest BCUT2D eigenvalue weighted by Gasteiger charge is -2.01. The van der Waals surface area contributed by atoms with Crippen LogP contribution < -0.4 is 0 Å². The molecule has 0 aliphatic heterocycles. The zero-order valence-electron chi connectivity index (χ0n) is 5.92. The maximum Gasteiger partial charge on any atom is 0.165 e. The topological polar surface area (TPSA) is 20.2 Å². The van der Waals surface area contributed by atoms with E-state index in [4.69, 9.17) is 5.11 Å². The Kier molecular flexibility index (Phi) is 2.76. The smallest absolute Gasteiger partial charge is 0.165 e. The van der Waals surface area contributed by atoms with Gasteiger partial charge in [0.2, 0.25) is 0 Å². The molecule has 1 aromatic carbocycles. The third-order valence-electron chi connectivity index (χ3n) is 1.45. The SMILES string of the molecule is Oc1c(F)cccc1CCS. The molecule has 3 heteroatoms. The highest BCUT2D eigenvalue weighted by molar-refractivity contribution is 7.80. The van der Waals surface area contributed by atoms with Gasteiger partial charge < -0.3 is 5.11 Å². The lowest BCUT2D eigenvalue weighted by molar-refractivity contribution is 0.426. The van der Waals surface area contributed by atoms with Gasteiger partial charge in [0.1, 0.15) is 0 Å². The van der Waals surface area contributed by atoms with Gasteiger partial charge in [-0.05, 0) is 23.8 Å². The molecule has 0 aliphatic rings. The molecule has 60 valence electrons. The fourth-order valence-electron chi connectivity index (χ4n) is 0.882. The van der Waals surface area contributed by atoms with Gasteiger partial charge >= 0.3 is 0 Å². The van der Waals surface area contributed by atoms with Gasteiger partial charge in [-0.15, -0.1) is 0 Å². The van der Waals surface area contributed by atoms with Gasteiger partial charge in [0, 0.05) is 0 Å². The minimum absolute atomic E-state index is 0.249. The highest BCUT2D eigenvalue weighted by atomic mass is 32.1. The van der Waals surface area contributed by atoms with Crippen molar-refractivity contribution in [3.05, 3.63) is 29.6 Å². The molecule has 0 unspecified atom stereocenters. The monoisotopic (exact) mass is 172 g/mol. The maximum absolute atomic E-state index is 12.6. The number of aryl methyl sites for hydroxylation is 1. The normalized spacial score (nSPS) is 10.0. The van der Waals surface area contributed by atoms with Crippen LogP contribution in [0.4, 0.5) is 4.39 Å². The second-order valence-corrected chi connectivity index (χ2v) is 2.67. The van der Waals surface area contributed by atoms with E-state index in [-0.39, 0.29) is 5.75 Å². The molecule has 0 spiro atoms. The molecular weight excluding hydrogens is 163 g/mol. The summed E-state index contributed by atoms with van der Waals surface area (Å²) < 4.78 is 12.6. The van der Waals surface area contributed by atoms with Gasteiger partial charge in [0.05, 0.1) is 0 Å². The van der Waals surface area contributed by atoms with E-state index in [0.717, 1.165) is 0 Å². The van der Waals surface area contributed by atoms with E-state index in [1.165, 1.54) is 6.07 Å². The summed E-state index contributed by atoms with van der Waals surface area (Å²) in [5.41, 5.74) is 0.611. The van der Waals surface area contributed by atoms with Gasteiger partial charge in [-0.1, -0.05) is 12.1 Å². The number of hydrogen-bond acceptors (Lipinski definition) is 2. The first-order valence-corrected chi connectivity index (χ1v) is 3.96. The molecule has 0 aromatic heterocycles. The van der Waals surface area contributed by atoms with Gasteiger partial charge in [-0.25, -0.2) is 4.39 Å². The van der Waals surface area contributed by atoms with E-state index in [9.17, 15) is 4.39 Å². The van der Waals surface area contributed by atoms with Crippen molar-refractivity contribution in [3.63, 3.8) is 0 Å². The second kappa shape index (κ2) is 3.62. The Bertz CT molecular complexity index is 250. The molecule has 0 saturated carbocycles. The van der Waals surface area contributed by atoms with E-state index in [1.807, 2.05) is 0 Å². The van der Waals surface area contributed by atoms with Gasteiger partial charge in [0.15, 0.2) is 11.6 Å². The third-order valence-corrected chi connectivity index (χ3v) is 1.68. The van der Waals surface area contributed by atoms with Gasteiger partial charge in [-0.2, -0.15) is 12.6 Å². The Morgan fingerprint density at radius 2 is 2.18 bits per heavy atom. The minimum atomic E-state index is -0.565. The van der Waals surface area contributed by atoms with E-state index in [1.54, 1.807) is 12.1 Å². The van der Waals surface area contributed by atoms with Gasteiger partial charge in [0.25, 0.3) is 0 Å². The number of hydrogen-bond donors (Lipinski definition) is 2. The van der Waals surface area contributed by atoms with Crippen molar-refractivity contribution >= 4 is 12.6 Å². The van der Waals surface area contributed by atoms with Crippen LogP contribution in [-0.2, 0) is 6.42 Å². The summed E-state index contributed by atoms with van der Waals surface area (Å²) in [6, 6.07) is 4.50. The van der Waals surface area contributed by atoms with Crippen LogP contribution in [0.25, 0.3) is 0 Å². The van der Waals surface area contributed by atoms with Crippen molar-refractivity contribution in [1.82, 2.24) is 0 Å². The summed E-state index contributed by atoms with van der Waals surface area (Å²) >= 11 is 3.98. The Labute approximate surface area is 70.3 Å². The molecule has 0 saturated heterocycles. The van der Waals surface area contributed by atoms with Crippen LogP contribution in [0.5, 0.6) is 5.75 Å². The zero-order chi connectivity index (χ0) is 8.27. The number of phenols is 1. The molecule has 0 bridgehead atoms. The molecule has 1 rings (SSSR count). The summed E-state index contributed by atoms with van der Waals surface area (Å²) in [5, 5.41) is 9.12. The molecule has 1 nitrogen and oxygen atoms in total. The molecule has 11 heavy (non-hydrogen) atoms. The first kappa shape index (κ1) is 8.40. The van der Waals surface area contributed by atoms with Crippen LogP contribution >= 0.6 is 12.6 Å². The largest absolute Gasteiger partial charge is 0.505 e. The summed E-state index contributed by atoms with van der Waals surface area (Å²) in [5.74, 6) is -0.206. The molecule has 0 fully saturated rings. The number of aromatic hydroxyl groups is 1. The molecule has 0 heterocycles. The van der Waals surface area contributed by atoms with Crippen LogP contribution in [-0.4, -0.2) is 10.9 Å². The lowest BCUT2D eigenvalue weighted by Crippen LogP contribution is -1.88. The number of para-hydroxylation sites is 1. The van der Waals surface area contributed by atoms with Crippen LogP contribution in [0.15, 0.2) is 18.2 Å². The first-order valence-electron chi connectivity index (χ1n) is 3.33. The number of phenolic OH excluding ortho intramolecular Hbond substituents is 1. The lowest BCUT2D eigenvalue weighted by atomic mass is 10.1. The summed E-state index contributed by atoms with van der Waals surface area (Å²) in [6.07, 6.45) is 0.590. The van der Waals surface area contributed by atoms with Crippen molar-refractivity contribution in [2.75, 3.05) is 5.75 Å². The van der Waals surface area contributed by atoms with Crippen LogP contribution in [0.3, 0.4) is 0 Å². The number of benzene rings is 1. The van der Waals surface area contributed by atoms with E-state index >= 15 is 0 Å². The highest BCUT2D eigenvalue weighted by Gasteiger charge is 2.03. The zero-order valence-corrected chi connectivity index (χ0v) is 6.81. The third kappa shape index (κ3) is 1.87. The Hall–Kier alpha value is -0.700. The predicted molar refractivity (Wildman–Crippen MR) is 45.6 cm³/mol.